The third-order valence-electron chi connectivity index (χ3n) is 11.7. The summed E-state index contributed by atoms with van der Waals surface area (Å²) in [5.41, 5.74) is 1.25. The molecule has 0 unspecified atom stereocenters. The van der Waals surface area contributed by atoms with Gasteiger partial charge in [0.25, 0.3) is 0 Å². The van der Waals surface area contributed by atoms with Crippen LogP contribution in [0.4, 0.5) is 9.59 Å². The maximum absolute atomic E-state index is 13.3. The molecule has 0 saturated heterocycles. The van der Waals surface area contributed by atoms with Crippen LogP contribution in [-0.4, -0.2) is 64.0 Å². The number of hydrogen-bond donors (Lipinski definition) is 0. The Hall–Kier alpha value is -2.65. The fourth-order valence-corrected chi connectivity index (χ4v) is 9.05. The normalized spacial score (nSPS) is 34.1. The highest BCUT2D eigenvalue weighted by molar-refractivity contribution is 5.86. The van der Waals surface area contributed by atoms with Crippen LogP contribution < -0.4 is 0 Å². The van der Waals surface area contributed by atoms with Crippen molar-refractivity contribution in [1.29, 1.82) is 0 Å². The van der Waals surface area contributed by atoms with Gasteiger partial charge in [-0.1, -0.05) is 50.1 Å². The fourth-order valence-electron chi connectivity index (χ4n) is 9.05. The Kier molecular flexibility index (Phi) is 10.4. The zero-order valence-electron chi connectivity index (χ0n) is 27.8. The number of carbonyl (C=O) groups excluding carboxylic acids is 3. The summed E-state index contributed by atoms with van der Waals surface area (Å²) in [5, 5.41) is 0. The second-order valence-corrected chi connectivity index (χ2v) is 14.1. The molecule has 4 aliphatic carbocycles. The molecule has 3 saturated carbocycles. The number of fused-ring (bicyclic) bond motifs is 5. The molecule has 44 heavy (non-hydrogen) atoms. The first-order valence-electron chi connectivity index (χ1n) is 16.0. The highest BCUT2D eigenvalue weighted by atomic mass is 16.7. The lowest BCUT2D eigenvalue weighted by atomic mass is 9.49. The van der Waals surface area contributed by atoms with Crippen molar-refractivity contribution in [3.63, 3.8) is 0 Å². The van der Waals surface area contributed by atoms with E-state index in [4.69, 9.17) is 28.4 Å². The second kappa shape index (κ2) is 13.4. The molecule has 9 nitrogen and oxygen atoms in total. The average molecular weight is 617 g/mol. The molecule has 4 rings (SSSR count). The SMILES string of the molecule is C=C[C@H](CC(=O)C(C)(C)OCOC)[C@H](C)[C@H]1CC[C@H]2C3=CC=C4C[C@@H](OC(=O)OC)C[C@H](OC(=O)OC)[C@]4(C)[C@H]3CC[C@]12C. The minimum atomic E-state index is -0.923. The van der Waals surface area contributed by atoms with E-state index in [0.29, 0.717) is 31.1 Å². The first-order chi connectivity index (χ1) is 20.8. The Morgan fingerprint density at radius 3 is 2.34 bits per heavy atom. The number of methoxy groups -OCH3 is 3. The van der Waals surface area contributed by atoms with Gasteiger partial charge in [-0.25, -0.2) is 9.59 Å². The van der Waals surface area contributed by atoms with Gasteiger partial charge in [-0.2, -0.15) is 0 Å². The lowest BCUT2D eigenvalue weighted by Crippen LogP contribution is -2.54. The van der Waals surface area contributed by atoms with Crippen LogP contribution in [0, 0.1) is 40.4 Å². The Balaban J connectivity index is 1.58. The Morgan fingerprint density at radius 1 is 1.02 bits per heavy atom. The van der Waals surface area contributed by atoms with Crippen molar-refractivity contribution in [3.05, 3.63) is 36.0 Å². The van der Waals surface area contributed by atoms with Gasteiger partial charge in [-0.15, -0.1) is 6.58 Å². The molecule has 0 spiro atoms. The van der Waals surface area contributed by atoms with Gasteiger partial charge in [-0.05, 0) is 74.5 Å². The van der Waals surface area contributed by atoms with Crippen LogP contribution in [0.25, 0.3) is 0 Å². The van der Waals surface area contributed by atoms with E-state index in [2.05, 4.69) is 39.5 Å². The zero-order valence-corrected chi connectivity index (χ0v) is 27.8. The molecule has 0 radical (unpaired) electrons. The van der Waals surface area contributed by atoms with Crippen LogP contribution in [0.2, 0.25) is 0 Å². The van der Waals surface area contributed by atoms with Crippen LogP contribution >= 0.6 is 0 Å². The average Bonchev–Trinajstić information content (AvgIpc) is 3.35. The van der Waals surface area contributed by atoms with Crippen molar-refractivity contribution < 1.29 is 42.8 Å². The predicted molar refractivity (Wildman–Crippen MR) is 165 cm³/mol. The van der Waals surface area contributed by atoms with Crippen LogP contribution in [0.5, 0.6) is 0 Å². The molecule has 0 aliphatic heterocycles. The van der Waals surface area contributed by atoms with Crippen molar-refractivity contribution in [1.82, 2.24) is 0 Å². The van der Waals surface area contributed by atoms with Gasteiger partial charge in [0.05, 0.1) is 14.2 Å². The van der Waals surface area contributed by atoms with Crippen LogP contribution in [0.1, 0.15) is 79.6 Å². The van der Waals surface area contributed by atoms with Crippen LogP contribution in [-0.2, 0) is 33.2 Å². The van der Waals surface area contributed by atoms with Gasteiger partial charge in [0.2, 0.25) is 0 Å². The molecule has 9 heteroatoms. The van der Waals surface area contributed by atoms with Gasteiger partial charge >= 0.3 is 12.3 Å². The molecule has 0 aromatic heterocycles. The summed E-state index contributed by atoms with van der Waals surface area (Å²) in [4.78, 5) is 37.7. The van der Waals surface area contributed by atoms with Gasteiger partial charge in [0.1, 0.15) is 24.6 Å². The summed E-state index contributed by atoms with van der Waals surface area (Å²) in [6.45, 7) is 14.7. The molecule has 0 aromatic carbocycles. The topological polar surface area (TPSA) is 107 Å². The molecule has 0 heterocycles. The van der Waals surface area contributed by atoms with E-state index in [9.17, 15) is 14.4 Å². The standard InChI is InChI=1S/C35H52O9/c1-10-22(17-29(36)33(3,4)42-20-39-7)21(2)26-13-14-27-25-12-11-23-18-24(43-31(37)40-8)19-30(44-32(38)41-9)35(23,6)28(25)15-16-34(26,27)5/h10-12,21-22,24,26-28,30H,1,13-20H2,2-9H3/t21-,22+,24+,26+,27-,28-,30-,34+,35-/m0/s1. The molecule has 0 bridgehead atoms. The molecule has 4 aliphatic rings. The third kappa shape index (κ3) is 6.23. The summed E-state index contributed by atoms with van der Waals surface area (Å²) in [7, 11) is 4.15. The first kappa shape index (κ1) is 34.2. The van der Waals surface area contributed by atoms with E-state index < -0.39 is 35.5 Å². The Morgan fingerprint density at radius 2 is 1.70 bits per heavy atom. The molecule has 0 aromatic rings. The van der Waals surface area contributed by atoms with Crippen molar-refractivity contribution >= 4 is 18.1 Å². The van der Waals surface area contributed by atoms with E-state index in [1.807, 2.05) is 6.08 Å². The smallest absolute Gasteiger partial charge is 0.438 e. The first-order valence-corrected chi connectivity index (χ1v) is 16.0. The van der Waals surface area contributed by atoms with Crippen molar-refractivity contribution in [2.24, 2.45) is 40.4 Å². The van der Waals surface area contributed by atoms with Crippen molar-refractivity contribution in [2.75, 3.05) is 28.1 Å². The molecular formula is C35H52O9. The molecule has 0 N–H and O–H groups in total. The highest BCUT2D eigenvalue weighted by Crippen LogP contribution is 2.66. The summed E-state index contributed by atoms with van der Waals surface area (Å²) >= 11 is 0. The predicted octanol–water partition coefficient (Wildman–Crippen LogP) is 7.20. The van der Waals surface area contributed by atoms with Gasteiger partial charge in [0.15, 0.2) is 5.78 Å². The summed E-state index contributed by atoms with van der Waals surface area (Å²) in [6.07, 6.45) is 9.43. The third-order valence-corrected chi connectivity index (χ3v) is 11.7. The number of ketones is 1. The maximum Gasteiger partial charge on any atom is 0.508 e. The fraction of sp³-hybridized carbons (Fsp3) is 0.743. The summed E-state index contributed by atoms with van der Waals surface area (Å²) < 4.78 is 31.8. The lowest BCUT2D eigenvalue weighted by molar-refractivity contribution is -0.156. The van der Waals surface area contributed by atoms with E-state index in [1.165, 1.54) is 19.8 Å². The van der Waals surface area contributed by atoms with Crippen molar-refractivity contribution in [2.45, 2.75) is 97.4 Å². The molecule has 246 valence electrons. The summed E-state index contributed by atoms with van der Waals surface area (Å²) in [6, 6.07) is 0. The van der Waals surface area contributed by atoms with E-state index >= 15 is 0 Å². The second-order valence-electron chi connectivity index (χ2n) is 14.1. The van der Waals surface area contributed by atoms with Gasteiger partial charge in [-0.3, -0.25) is 4.79 Å². The number of rotatable bonds is 11. The van der Waals surface area contributed by atoms with Crippen LogP contribution in [0.3, 0.4) is 0 Å². The van der Waals surface area contributed by atoms with E-state index in [0.717, 1.165) is 31.3 Å². The minimum Gasteiger partial charge on any atom is -0.438 e. The molecular weight excluding hydrogens is 564 g/mol. The number of Topliss-reactive ketones (excluding diaryl/α,β-unsaturated/α-hetero) is 1. The monoisotopic (exact) mass is 616 g/mol. The molecule has 0 amide bonds. The Labute approximate surface area is 262 Å². The minimum absolute atomic E-state index is 0.0403. The maximum atomic E-state index is 13.3. The zero-order chi connectivity index (χ0) is 32.4. The number of carbonyl (C=O) groups is 3. The van der Waals surface area contributed by atoms with E-state index in [1.54, 1.807) is 21.0 Å². The number of allylic oxidation sites excluding steroid dienone is 4. The van der Waals surface area contributed by atoms with Gasteiger partial charge < -0.3 is 28.4 Å². The number of ether oxygens (including phenoxy) is 6. The van der Waals surface area contributed by atoms with E-state index in [-0.39, 0.29) is 35.7 Å². The lowest BCUT2D eigenvalue weighted by Gasteiger charge is -2.57. The van der Waals surface area contributed by atoms with Gasteiger partial charge in [0, 0.05) is 31.8 Å². The molecule has 3 fully saturated rings. The Bertz CT molecular complexity index is 1170. The highest BCUT2D eigenvalue weighted by Gasteiger charge is 2.60. The largest absolute Gasteiger partial charge is 0.508 e. The van der Waals surface area contributed by atoms with Crippen molar-refractivity contribution in [3.8, 4) is 0 Å². The number of hydrogen-bond acceptors (Lipinski definition) is 9. The van der Waals surface area contributed by atoms with Crippen LogP contribution in [0.15, 0.2) is 36.0 Å². The molecule has 9 atom stereocenters. The summed E-state index contributed by atoms with van der Waals surface area (Å²) in [5.74, 6) is 1.37. The quantitative estimate of drug-likeness (QED) is 0.135.